The monoisotopic (exact) mass is 674 g/mol. The van der Waals surface area contributed by atoms with Crippen molar-refractivity contribution in [2.45, 2.75) is 31.4 Å². The number of esters is 4. The molecule has 212 valence electrons. The van der Waals surface area contributed by atoms with Crippen LogP contribution in [0.4, 0.5) is 0 Å². The van der Waals surface area contributed by atoms with Gasteiger partial charge in [-0.3, -0.25) is 14.4 Å². The summed E-state index contributed by atoms with van der Waals surface area (Å²) in [5.74, 6) is -1.64. The van der Waals surface area contributed by atoms with Gasteiger partial charge >= 0.3 is 23.9 Å². The number of halogens is 2. The fourth-order valence-electron chi connectivity index (χ4n) is 3.04. The van der Waals surface area contributed by atoms with Crippen molar-refractivity contribution in [3.63, 3.8) is 0 Å². The molecular formula is C26H28Br2O11. The van der Waals surface area contributed by atoms with Crippen LogP contribution >= 0.6 is 31.9 Å². The molecule has 2 rings (SSSR count). The van der Waals surface area contributed by atoms with Crippen molar-refractivity contribution in [3.05, 3.63) is 46.5 Å². The van der Waals surface area contributed by atoms with Crippen LogP contribution in [0.3, 0.4) is 0 Å². The number of benzene rings is 2. The predicted octanol–water partition coefficient (Wildman–Crippen LogP) is 5.20. The topological polar surface area (TPSA) is 141 Å². The summed E-state index contributed by atoms with van der Waals surface area (Å²) in [4.78, 5) is 57.2. The maximum Gasteiger partial charge on any atom is 0.342 e. The number of hydrogen-bond donors (Lipinski definition) is 0. The zero-order chi connectivity index (χ0) is 29.7. The molecule has 2 aromatic rings. The average molecular weight is 676 g/mol. The van der Waals surface area contributed by atoms with Gasteiger partial charge < -0.3 is 28.4 Å². The smallest absolute Gasteiger partial charge is 0.342 e. The summed E-state index contributed by atoms with van der Waals surface area (Å²) in [6.07, 6.45) is 0.474. The molecular weight excluding hydrogens is 648 g/mol. The van der Waals surface area contributed by atoms with E-state index in [2.05, 4.69) is 31.9 Å². The molecule has 0 spiro atoms. The van der Waals surface area contributed by atoms with Crippen molar-refractivity contribution in [2.75, 3.05) is 27.4 Å². The molecule has 0 atom stereocenters. The Bertz CT molecular complexity index is 1210. The van der Waals surface area contributed by atoms with Gasteiger partial charge in [0.05, 0.1) is 31.2 Å². The number of carbonyl (C=O) groups is 5. The van der Waals surface area contributed by atoms with Crippen LogP contribution in [0.15, 0.2) is 24.3 Å². The van der Waals surface area contributed by atoms with E-state index in [-0.39, 0.29) is 45.1 Å². The van der Waals surface area contributed by atoms with Crippen molar-refractivity contribution in [1.29, 1.82) is 0 Å². The fraction of sp³-hybridized carbons (Fsp3) is 0.346. The van der Waals surface area contributed by atoms with E-state index in [1.54, 1.807) is 19.9 Å². The van der Waals surface area contributed by atoms with Crippen LogP contribution in [0.5, 0.6) is 23.0 Å². The maximum atomic E-state index is 12.1. The highest BCUT2D eigenvalue weighted by molar-refractivity contribution is 9.24. The second kappa shape index (κ2) is 16.5. The molecule has 0 fully saturated rings. The van der Waals surface area contributed by atoms with Gasteiger partial charge in [-0.05, 0) is 31.5 Å². The Morgan fingerprint density at radius 2 is 1.21 bits per heavy atom. The minimum Gasteiger partial charge on any atom is -0.497 e. The second-order valence-corrected chi connectivity index (χ2v) is 10.3. The van der Waals surface area contributed by atoms with E-state index < -0.39 is 23.9 Å². The molecule has 0 radical (unpaired) electrons. The predicted molar refractivity (Wildman–Crippen MR) is 147 cm³/mol. The maximum absolute atomic E-state index is 12.1. The van der Waals surface area contributed by atoms with Crippen LogP contribution in [-0.2, 0) is 19.1 Å². The molecule has 0 saturated carbocycles. The first kappa shape index (κ1) is 33.6. The quantitative estimate of drug-likeness (QED) is 0.142. The summed E-state index contributed by atoms with van der Waals surface area (Å²) in [5.41, 5.74) is 0.683. The first-order valence-electron chi connectivity index (χ1n) is 11.3. The third-order valence-electron chi connectivity index (χ3n) is 4.51. The number of aldehydes is 1. The van der Waals surface area contributed by atoms with Gasteiger partial charge in [-0.2, -0.15) is 0 Å². The average Bonchev–Trinajstić information content (AvgIpc) is 2.87. The molecule has 39 heavy (non-hydrogen) atoms. The summed E-state index contributed by atoms with van der Waals surface area (Å²) in [6, 6.07) is 5.85. The lowest BCUT2D eigenvalue weighted by Crippen LogP contribution is -2.13. The summed E-state index contributed by atoms with van der Waals surface area (Å²) in [5, 5.41) is 0. The highest BCUT2D eigenvalue weighted by Gasteiger charge is 2.25. The number of alkyl halides is 2. The molecule has 0 aliphatic heterocycles. The Labute approximate surface area is 242 Å². The van der Waals surface area contributed by atoms with Gasteiger partial charge in [0.25, 0.3) is 0 Å². The fourth-order valence-corrected chi connectivity index (χ4v) is 3.76. The molecule has 0 N–H and O–H groups in total. The Hall–Kier alpha value is -3.45. The Kier molecular flexibility index (Phi) is 14.2. The third kappa shape index (κ3) is 9.98. The standard InChI is InChI=1S/C13H14Br2O5.C13H14O6/c1-4-19-13(17)11-9(12(14)15)5-8(18-3)6-10(11)20-7(2)16;1-4-18-13(16)12-9(7-14)5-10(17-3)6-11(12)19-8(2)15/h5-6,12H,4H2,1-3H3;5-7H,4H2,1-3H3. The Balaban J connectivity index is 0.000000391. The number of methoxy groups -OCH3 is 2. The van der Waals surface area contributed by atoms with Gasteiger partial charge in [-0.1, -0.05) is 31.9 Å². The molecule has 0 bridgehead atoms. The lowest BCUT2D eigenvalue weighted by molar-refractivity contribution is -0.132. The van der Waals surface area contributed by atoms with Gasteiger partial charge in [-0.25, -0.2) is 9.59 Å². The van der Waals surface area contributed by atoms with Crippen LogP contribution in [0.1, 0.15) is 68.1 Å². The molecule has 0 aliphatic carbocycles. The van der Waals surface area contributed by atoms with E-state index in [4.69, 9.17) is 28.4 Å². The summed E-state index contributed by atoms with van der Waals surface area (Å²) in [6.45, 7) is 6.14. The molecule has 0 heterocycles. The first-order valence-corrected chi connectivity index (χ1v) is 13.1. The van der Waals surface area contributed by atoms with Crippen molar-refractivity contribution >= 4 is 62.0 Å². The van der Waals surface area contributed by atoms with Crippen LogP contribution in [0.2, 0.25) is 0 Å². The van der Waals surface area contributed by atoms with Gasteiger partial charge in [-0.15, -0.1) is 0 Å². The lowest BCUT2D eigenvalue weighted by atomic mass is 10.1. The van der Waals surface area contributed by atoms with Crippen molar-refractivity contribution in [1.82, 2.24) is 0 Å². The highest BCUT2D eigenvalue weighted by atomic mass is 79.9. The van der Waals surface area contributed by atoms with Crippen LogP contribution in [0, 0.1) is 0 Å². The number of rotatable bonds is 10. The normalized spacial score (nSPS) is 9.97. The van der Waals surface area contributed by atoms with E-state index in [1.165, 1.54) is 46.3 Å². The zero-order valence-electron chi connectivity index (χ0n) is 22.1. The first-order chi connectivity index (χ1) is 18.4. The zero-order valence-corrected chi connectivity index (χ0v) is 25.3. The van der Waals surface area contributed by atoms with Crippen molar-refractivity contribution in [3.8, 4) is 23.0 Å². The van der Waals surface area contributed by atoms with Gasteiger partial charge in [0.1, 0.15) is 34.1 Å². The molecule has 0 unspecified atom stereocenters. The number of carbonyl (C=O) groups excluding carboxylic acids is 5. The Morgan fingerprint density at radius 1 is 0.769 bits per heavy atom. The van der Waals surface area contributed by atoms with Gasteiger partial charge in [0.2, 0.25) is 0 Å². The van der Waals surface area contributed by atoms with Gasteiger partial charge in [0.15, 0.2) is 6.29 Å². The molecule has 13 heteroatoms. The molecule has 0 aromatic heterocycles. The van der Waals surface area contributed by atoms with E-state index in [0.29, 0.717) is 23.3 Å². The van der Waals surface area contributed by atoms with Crippen LogP contribution in [0.25, 0.3) is 0 Å². The summed E-state index contributed by atoms with van der Waals surface area (Å²) < 4.78 is 29.6. The second-order valence-electron chi connectivity index (χ2n) is 7.23. The van der Waals surface area contributed by atoms with Crippen molar-refractivity contribution in [2.24, 2.45) is 0 Å². The molecule has 0 saturated heterocycles. The van der Waals surface area contributed by atoms with E-state index in [0.717, 1.165) is 0 Å². The van der Waals surface area contributed by atoms with Crippen molar-refractivity contribution < 1.29 is 52.4 Å². The molecule has 0 aliphatic rings. The highest BCUT2D eigenvalue weighted by Crippen LogP contribution is 2.39. The summed E-state index contributed by atoms with van der Waals surface area (Å²) in [7, 11) is 2.88. The van der Waals surface area contributed by atoms with E-state index >= 15 is 0 Å². The minimum absolute atomic E-state index is 0.0362. The lowest BCUT2D eigenvalue weighted by Gasteiger charge is -2.15. The minimum atomic E-state index is -0.733. The largest absolute Gasteiger partial charge is 0.497 e. The number of ether oxygens (including phenoxy) is 6. The number of hydrogen-bond acceptors (Lipinski definition) is 11. The van der Waals surface area contributed by atoms with Crippen LogP contribution < -0.4 is 18.9 Å². The van der Waals surface area contributed by atoms with E-state index in [1.807, 2.05) is 0 Å². The molecule has 2 aromatic carbocycles. The van der Waals surface area contributed by atoms with Gasteiger partial charge in [0, 0.05) is 31.5 Å². The van der Waals surface area contributed by atoms with E-state index in [9.17, 15) is 24.0 Å². The Morgan fingerprint density at radius 3 is 1.59 bits per heavy atom. The summed E-state index contributed by atoms with van der Waals surface area (Å²) >= 11 is 6.66. The molecule has 0 amide bonds. The molecule has 11 nitrogen and oxygen atoms in total. The van der Waals surface area contributed by atoms with Crippen LogP contribution in [-0.4, -0.2) is 57.6 Å². The third-order valence-corrected chi connectivity index (χ3v) is 5.50. The SMILES string of the molecule is CCOC(=O)c1c(C=O)cc(OC)cc1OC(C)=O.CCOC(=O)c1c(OC(C)=O)cc(OC)cc1C(Br)Br.